The van der Waals surface area contributed by atoms with Crippen molar-refractivity contribution < 1.29 is 9.53 Å². The first-order valence-corrected chi connectivity index (χ1v) is 7.96. The molecule has 21 heavy (non-hydrogen) atoms. The molecule has 2 aromatic heterocycles. The lowest BCUT2D eigenvalue weighted by molar-refractivity contribution is 0.0607. The van der Waals surface area contributed by atoms with E-state index >= 15 is 0 Å². The van der Waals surface area contributed by atoms with Gasteiger partial charge in [-0.15, -0.1) is 22.7 Å². The number of methoxy groups -OCH3 is 1. The van der Waals surface area contributed by atoms with Gasteiger partial charge in [-0.2, -0.15) is 5.26 Å². The van der Waals surface area contributed by atoms with E-state index in [1.54, 1.807) is 0 Å². The number of nitrogens with zero attached hydrogens (tertiary/aromatic N) is 1. The van der Waals surface area contributed by atoms with Crippen LogP contribution in [0, 0.1) is 11.3 Å². The Bertz CT molecular complexity index is 703. The molecular weight excluding hydrogens is 330 g/mol. The van der Waals surface area contributed by atoms with Gasteiger partial charge in [0.1, 0.15) is 21.5 Å². The zero-order valence-corrected chi connectivity index (χ0v) is 13.5. The summed E-state index contributed by atoms with van der Waals surface area (Å²) in [6.45, 7) is 0.617. The molecule has 0 radical (unpaired) electrons. The molecule has 0 amide bonds. The van der Waals surface area contributed by atoms with Crippen molar-refractivity contribution in [1.29, 1.82) is 5.26 Å². The number of esters is 1. The Morgan fingerprint density at radius 3 is 2.86 bits per heavy atom. The molecule has 0 unspecified atom stereocenters. The summed E-state index contributed by atoms with van der Waals surface area (Å²) >= 11 is 8.51. The van der Waals surface area contributed by atoms with E-state index < -0.39 is 5.97 Å². The number of hydrogen-bond donors (Lipinski definition) is 2. The number of nitrogens with two attached hydrogens (primary N) is 1. The van der Waals surface area contributed by atoms with Crippen molar-refractivity contribution >= 4 is 50.9 Å². The van der Waals surface area contributed by atoms with Crippen LogP contribution in [0.15, 0.2) is 12.1 Å². The molecule has 0 saturated heterocycles. The molecular formula is C13H12ClN3O2S2. The fraction of sp³-hybridized carbons (Fsp3) is 0.231. The first-order valence-electron chi connectivity index (χ1n) is 5.95. The quantitative estimate of drug-likeness (QED) is 0.814. The number of nitriles is 1. The van der Waals surface area contributed by atoms with Crippen molar-refractivity contribution in [3.05, 3.63) is 31.8 Å². The number of thiophene rings is 2. The monoisotopic (exact) mass is 341 g/mol. The highest BCUT2D eigenvalue weighted by molar-refractivity contribution is 7.18. The van der Waals surface area contributed by atoms with Crippen molar-refractivity contribution in [3.8, 4) is 6.07 Å². The summed E-state index contributed by atoms with van der Waals surface area (Å²) in [5.74, 6) is -0.535. The van der Waals surface area contributed by atoms with Gasteiger partial charge in [-0.3, -0.25) is 0 Å². The molecule has 0 fully saturated rings. The van der Waals surface area contributed by atoms with E-state index in [4.69, 9.17) is 22.6 Å². The van der Waals surface area contributed by atoms with E-state index in [2.05, 4.69) is 10.1 Å². The van der Waals surface area contributed by atoms with Crippen molar-refractivity contribution in [3.63, 3.8) is 0 Å². The average molecular weight is 342 g/mol. The van der Waals surface area contributed by atoms with Crippen LogP contribution in [0.2, 0.25) is 4.34 Å². The summed E-state index contributed by atoms with van der Waals surface area (Å²) in [7, 11) is 1.28. The van der Waals surface area contributed by atoms with Crippen molar-refractivity contribution in [2.75, 3.05) is 24.7 Å². The van der Waals surface area contributed by atoms with Gasteiger partial charge in [0, 0.05) is 11.4 Å². The van der Waals surface area contributed by atoms with E-state index in [1.807, 2.05) is 18.2 Å². The zero-order valence-electron chi connectivity index (χ0n) is 11.1. The lowest BCUT2D eigenvalue weighted by Crippen LogP contribution is -2.04. The van der Waals surface area contributed by atoms with Gasteiger partial charge in [-0.25, -0.2) is 4.79 Å². The molecule has 0 aliphatic carbocycles. The second kappa shape index (κ2) is 6.80. The van der Waals surface area contributed by atoms with Crippen molar-refractivity contribution in [2.45, 2.75) is 6.42 Å². The third kappa shape index (κ3) is 3.47. The van der Waals surface area contributed by atoms with Gasteiger partial charge in [-0.05, 0) is 18.6 Å². The molecule has 2 heterocycles. The highest BCUT2D eigenvalue weighted by Gasteiger charge is 2.21. The molecule has 110 valence electrons. The molecule has 0 saturated carbocycles. The maximum atomic E-state index is 11.6. The number of carbonyl (C=O) groups excluding carboxylic acids is 1. The van der Waals surface area contributed by atoms with E-state index in [0.29, 0.717) is 11.5 Å². The topological polar surface area (TPSA) is 88.1 Å². The fourth-order valence-corrected chi connectivity index (χ4v) is 3.81. The molecule has 0 atom stereocenters. The summed E-state index contributed by atoms with van der Waals surface area (Å²) in [5.41, 5.74) is 6.25. The molecule has 2 aromatic rings. The zero-order chi connectivity index (χ0) is 15.4. The van der Waals surface area contributed by atoms with Crippen molar-refractivity contribution in [1.82, 2.24) is 0 Å². The Kier molecular flexibility index (Phi) is 5.07. The number of anilines is 2. The molecule has 2 rings (SSSR count). The van der Waals surface area contributed by atoms with Crippen LogP contribution in [0.25, 0.3) is 0 Å². The van der Waals surface area contributed by atoms with Crippen LogP contribution in [0.3, 0.4) is 0 Å². The van der Waals surface area contributed by atoms with Crippen molar-refractivity contribution in [2.24, 2.45) is 0 Å². The first kappa shape index (κ1) is 15.6. The van der Waals surface area contributed by atoms with E-state index in [-0.39, 0.29) is 16.1 Å². The third-order valence-corrected chi connectivity index (χ3v) is 5.15. The molecule has 5 nitrogen and oxygen atoms in total. The lowest BCUT2D eigenvalue weighted by atomic mass is 10.2. The summed E-state index contributed by atoms with van der Waals surface area (Å²) in [4.78, 5) is 13.0. The minimum absolute atomic E-state index is 0.163. The summed E-state index contributed by atoms with van der Waals surface area (Å²) in [6, 6.07) is 5.82. The van der Waals surface area contributed by atoms with Gasteiger partial charge >= 0.3 is 5.97 Å². The van der Waals surface area contributed by atoms with Gasteiger partial charge in [0.25, 0.3) is 0 Å². The smallest absolute Gasteiger partial charge is 0.350 e. The Hall–Kier alpha value is -1.75. The summed E-state index contributed by atoms with van der Waals surface area (Å²) in [6.07, 6.45) is 0.771. The summed E-state index contributed by atoms with van der Waals surface area (Å²) < 4.78 is 5.39. The predicted octanol–water partition coefficient (Wildman–Crippen LogP) is 3.36. The number of ether oxygens (including phenoxy) is 1. The molecule has 0 spiro atoms. The van der Waals surface area contributed by atoms with Crippen LogP contribution in [0.1, 0.15) is 20.1 Å². The minimum atomic E-state index is -0.535. The van der Waals surface area contributed by atoms with Gasteiger partial charge in [0.05, 0.1) is 17.1 Å². The first-order chi connectivity index (χ1) is 10.1. The van der Waals surface area contributed by atoms with Crippen LogP contribution in [0.5, 0.6) is 0 Å². The van der Waals surface area contributed by atoms with Crippen LogP contribution >= 0.6 is 34.3 Å². The molecule has 3 N–H and O–H groups in total. The predicted molar refractivity (Wildman–Crippen MR) is 86.3 cm³/mol. The second-order valence-electron chi connectivity index (χ2n) is 4.03. The van der Waals surface area contributed by atoms with Crippen LogP contribution in [-0.2, 0) is 11.2 Å². The number of halogens is 1. The molecule has 0 aliphatic heterocycles. The van der Waals surface area contributed by atoms with E-state index in [9.17, 15) is 4.79 Å². The lowest BCUT2D eigenvalue weighted by Gasteiger charge is -2.02. The normalized spacial score (nSPS) is 10.1. The largest absolute Gasteiger partial charge is 0.465 e. The van der Waals surface area contributed by atoms with Gasteiger partial charge < -0.3 is 15.8 Å². The molecule has 8 heteroatoms. The highest BCUT2D eigenvalue weighted by Crippen LogP contribution is 2.35. The highest BCUT2D eigenvalue weighted by atomic mass is 35.5. The Morgan fingerprint density at radius 2 is 2.29 bits per heavy atom. The van der Waals surface area contributed by atoms with Crippen LogP contribution in [-0.4, -0.2) is 19.6 Å². The number of rotatable bonds is 5. The third-order valence-electron chi connectivity index (χ3n) is 2.71. The minimum Gasteiger partial charge on any atom is -0.465 e. The maximum Gasteiger partial charge on any atom is 0.350 e. The van der Waals surface area contributed by atoms with E-state index in [1.165, 1.54) is 18.4 Å². The number of nitrogens with one attached hydrogen (secondary N) is 1. The SMILES string of the molecule is COC(=O)c1sc(NCCc2ccc(Cl)s2)c(C#N)c1N. The fourth-order valence-electron chi connectivity index (χ4n) is 1.71. The van der Waals surface area contributed by atoms with Crippen LogP contribution < -0.4 is 11.1 Å². The Balaban J connectivity index is 2.09. The van der Waals surface area contributed by atoms with Crippen LogP contribution in [0.4, 0.5) is 10.7 Å². The average Bonchev–Trinajstić information content (AvgIpc) is 3.02. The van der Waals surface area contributed by atoms with Gasteiger partial charge in [0.2, 0.25) is 0 Å². The Morgan fingerprint density at radius 1 is 1.52 bits per heavy atom. The number of carbonyl (C=O) groups is 1. The molecule has 0 bridgehead atoms. The summed E-state index contributed by atoms with van der Waals surface area (Å²) in [5, 5.41) is 12.9. The molecule has 0 aromatic carbocycles. The maximum absolute atomic E-state index is 11.6. The molecule has 0 aliphatic rings. The number of hydrogen-bond acceptors (Lipinski definition) is 7. The standard InChI is InChI=1S/C13H12ClN3O2S2/c1-19-13(18)11-10(16)8(6-15)12(21-11)17-5-4-7-2-3-9(14)20-7/h2-3,17H,4-5,16H2,1H3. The number of nitrogen functional groups attached to an aromatic ring is 1. The van der Waals surface area contributed by atoms with E-state index in [0.717, 1.165) is 27.0 Å². The van der Waals surface area contributed by atoms with Gasteiger partial charge in [-0.1, -0.05) is 11.6 Å². The second-order valence-corrected chi connectivity index (χ2v) is 6.86. The van der Waals surface area contributed by atoms with Gasteiger partial charge in [0.15, 0.2) is 0 Å². The Labute approximate surface area is 134 Å².